The summed E-state index contributed by atoms with van der Waals surface area (Å²) in [6.07, 6.45) is 6.31. The molecule has 0 spiro atoms. The first-order chi connectivity index (χ1) is 9.01. The normalized spacial score (nSPS) is 14.8. The molecule has 19 heavy (non-hydrogen) atoms. The third-order valence-corrected chi connectivity index (χ3v) is 4.12. The molecular formula is C16H30N2O. The van der Waals surface area contributed by atoms with Crippen molar-refractivity contribution in [2.75, 3.05) is 13.6 Å². The van der Waals surface area contributed by atoms with Crippen LogP contribution in [0.3, 0.4) is 0 Å². The van der Waals surface area contributed by atoms with Crippen LogP contribution in [0.1, 0.15) is 57.5 Å². The molecule has 110 valence electrons. The summed E-state index contributed by atoms with van der Waals surface area (Å²) in [4.78, 5) is 2.33. The summed E-state index contributed by atoms with van der Waals surface area (Å²) >= 11 is 0. The van der Waals surface area contributed by atoms with E-state index < -0.39 is 0 Å². The molecule has 0 fully saturated rings. The molecule has 0 aliphatic heterocycles. The van der Waals surface area contributed by atoms with Gasteiger partial charge in [0.05, 0.1) is 6.54 Å². The summed E-state index contributed by atoms with van der Waals surface area (Å²) in [7, 11) is 2.14. The van der Waals surface area contributed by atoms with Gasteiger partial charge >= 0.3 is 0 Å². The van der Waals surface area contributed by atoms with Crippen LogP contribution in [0.5, 0.6) is 0 Å². The lowest BCUT2D eigenvalue weighted by atomic mass is 9.92. The molecule has 1 unspecified atom stereocenters. The average Bonchev–Trinajstić information content (AvgIpc) is 2.79. The largest absolute Gasteiger partial charge is 0.465 e. The number of nitrogens with zero attached hydrogens (tertiary/aromatic N) is 1. The number of aryl methyl sites for hydroxylation is 1. The first kappa shape index (κ1) is 16.3. The van der Waals surface area contributed by atoms with Crippen molar-refractivity contribution in [1.82, 2.24) is 4.90 Å². The Morgan fingerprint density at radius 2 is 2.00 bits per heavy atom. The van der Waals surface area contributed by atoms with E-state index in [1.807, 2.05) is 13.0 Å². The van der Waals surface area contributed by atoms with Crippen molar-refractivity contribution in [3.8, 4) is 0 Å². The Morgan fingerprint density at radius 3 is 2.53 bits per heavy atom. The number of likely N-dealkylation sites (N-methyl/N-ethyl adjacent to an activating group) is 1. The monoisotopic (exact) mass is 266 g/mol. The first-order valence-electron chi connectivity index (χ1n) is 7.48. The molecule has 1 aromatic heterocycles. The second kappa shape index (κ2) is 7.71. The Hall–Kier alpha value is -0.800. The fraction of sp³-hybridized carbons (Fsp3) is 0.750. The van der Waals surface area contributed by atoms with Gasteiger partial charge in [0.1, 0.15) is 11.5 Å². The van der Waals surface area contributed by atoms with Crippen molar-refractivity contribution in [1.29, 1.82) is 0 Å². The van der Waals surface area contributed by atoms with Crippen molar-refractivity contribution in [2.45, 2.75) is 65.0 Å². The Labute approximate surface area is 118 Å². The number of hydrogen-bond acceptors (Lipinski definition) is 3. The number of rotatable bonds is 9. The van der Waals surface area contributed by atoms with Gasteiger partial charge in [-0.2, -0.15) is 0 Å². The zero-order chi connectivity index (χ0) is 14.3. The van der Waals surface area contributed by atoms with Crippen molar-refractivity contribution in [3.63, 3.8) is 0 Å². The fourth-order valence-electron chi connectivity index (χ4n) is 2.38. The maximum absolute atomic E-state index is 6.01. The van der Waals surface area contributed by atoms with Gasteiger partial charge < -0.3 is 10.2 Å². The summed E-state index contributed by atoms with van der Waals surface area (Å²) < 4.78 is 5.65. The number of nitrogens with two attached hydrogens (primary N) is 1. The summed E-state index contributed by atoms with van der Waals surface area (Å²) in [5, 5.41) is 0. The molecule has 1 atom stereocenters. The highest BCUT2D eigenvalue weighted by Gasteiger charge is 2.27. The van der Waals surface area contributed by atoms with Crippen molar-refractivity contribution < 1.29 is 4.42 Å². The minimum Gasteiger partial charge on any atom is -0.465 e. The molecule has 1 rings (SSSR count). The molecule has 3 nitrogen and oxygen atoms in total. The van der Waals surface area contributed by atoms with E-state index in [1.165, 1.54) is 25.7 Å². The second-order valence-corrected chi connectivity index (χ2v) is 5.88. The first-order valence-corrected chi connectivity index (χ1v) is 7.48. The van der Waals surface area contributed by atoms with Crippen LogP contribution in [0.25, 0.3) is 0 Å². The maximum Gasteiger partial charge on any atom is 0.118 e. The Bertz CT molecular complexity index is 361. The Morgan fingerprint density at radius 1 is 1.26 bits per heavy atom. The van der Waals surface area contributed by atoms with E-state index in [4.69, 9.17) is 10.2 Å². The predicted molar refractivity (Wildman–Crippen MR) is 81.1 cm³/mol. The third kappa shape index (κ3) is 5.00. The molecule has 0 amide bonds. The smallest absolute Gasteiger partial charge is 0.118 e. The molecule has 3 heteroatoms. The highest BCUT2D eigenvalue weighted by molar-refractivity contribution is 5.06. The van der Waals surface area contributed by atoms with E-state index in [2.05, 4.69) is 31.9 Å². The Balaban J connectivity index is 2.51. The zero-order valence-corrected chi connectivity index (χ0v) is 13.0. The van der Waals surface area contributed by atoms with E-state index in [9.17, 15) is 0 Å². The maximum atomic E-state index is 6.01. The van der Waals surface area contributed by atoms with Gasteiger partial charge in [-0.3, -0.25) is 4.90 Å². The van der Waals surface area contributed by atoms with E-state index in [-0.39, 0.29) is 5.54 Å². The van der Waals surface area contributed by atoms with Gasteiger partial charge in [0, 0.05) is 12.1 Å². The van der Waals surface area contributed by atoms with Crippen molar-refractivity contribution >= 4 is 0 Å². The molecule has 1 aromatic rings. The van der Waals surface area contributed by atoms with Crippen LogP contribution >= 0.6 is 0 Å². The third-order valence-electron chi connectivity index (χ3n) is 4.12. The van der Waals surface area contributed by atoms with Crippen LogP contribution in [-0.2, 0) is 6.54 Å². The molecule has 0 saturated heterocycles. The fourth-order valence-corrected chi connectivity index (χ4v) is 2.38. The quantitative estimate of drug-likeness (QED) is 0.693. The summed E-state index contributed by atoms with van der Waals surface area (Å²) in [6, 6.07) is 4.07. The van der Waals surface area contributed by atoms with E-state index in [1.54, 1.807) is 0 Å². The molecule has 0 saturated carbocycles. The van der Waals surface area contributed by atoms with Crippen LogP contribution in [0.2, 0.25) is 0 Å². The predicted octanol–water partition coefficient (Wildman–Crippen LogP) is 3.71. The van der Waals surface area contributed by atoms with Gasteiger partial charge in [-0.1, -0.05) is 32.6 Å². The van der Waals surface area contributed by atoms with E-state index in [0.29, 0.717) is 6.54 Å². The lowest BCUT2D eigenvalue weighted by Gasteiger charge is -2.38. The second-order valence-electron chi connectivity index (χ2n) is 5.88. The summed E-state index contributed by atoms with van der Waals surface area (Å²) in [5.41, 5.74) is 6.07. The molecule has 0 radical (unpaired) electrons. The molecule has 0 aliphatic rings. The lowest BCUT2D eigenvalue weighted by Crippen LogP contribution is -2.49. The average molecular weight is 266 g/mol. The van der Waals surface area contributed by atoms with Gasteiger partial charge in [0.25, 0.3) is 0 Å². The van der Waals surface area contributed by atoms with Crippen LogP contribution in [0.4, 0.5) is 0 Å². The Kier molecular flexibility index (Phi) is 6.59. The van der Waals surface area contributed by atoms with Crippen LogP contribution in [0.15, 0.2) is 16.5 Å². The van der Waals surface area contributed by atoms with Crippen LogP contribution < -0.4 is 5.73 Å². The van der Waals surface area contributed by atoms with Gasteiger partial charge in [-0.05, 0) is 39.4 Å². The molecule has 0 aromatic carbocycles. The van der Waals surface area contributed by atoms with Crippen molar-refractivity contribution in [3.05, 3.63) is 23.7 Å². The van der Waals surface area contributed by atoms with Crippen molar-refractivity contribution in [2.24, 2.45) is 5.73 Å². The number of unbranched alkanes of at least 4 members (excludes halogenated alkanes) is 3. The molecule has 0 bridgehead atoms. The number of hydrogen-bond donors (Lipinski definition) is 1. The zero-order valence-electron chi connectivity index (χ0n) is 13.0. The summed E-state index contributed by atoms with van der Waals surface area (Å²) in [5.74, 6) is 1.99. The molecule has 2 N–H and O–H groups in total. The van der Waals surface area contributed by atoms with E-state index >= 15 is 0 Å². The van der Waals surface area contributed by atoms with Crippen LogP contribution in [0, 0.1) is 6.92 Å². The minimum absolute atomic E-state index is 0.0639. The summed E-state index contributed by atoms with van der Waals surface area (Å²) in [6.45, 7) is 8.00. The van der Waals surface area contributed by atoms with Gasteiger partial charge in [0.15, 0.2) is 0 Å². The van der Waals surface area contributed by atoms with Crippen LogP contribution in [-0.4, -0.2) is 24.0 Å². The standard InChI is InChI=1S/C16H30N2O/c1-5-6-7-8-11-16(3,13-17)18(4)12-15-10-9-14(2)19-15/h9-10H,5-8,11-13,17H2,1-4H3. The SMILES string of the molecule is CCCCCCC(C)(CN)N(C)Cc1ccc(C)o1. The minimum atomic E-state index is 0.0639. The van der Waals surface area contributed by atoms with E-state index in [0.717, 1.165) is 24.5 Å². The number of furan rings is 1. The highest BCUT2D eigenvalue weighted by atomic mass is 16.3. The van der Waals surface area contributed by atoms with Gasteiger partial charge in [0.2, 0.25) is 0 Å². The topological polar surface area (TPSA) is 42.4 Å². The molecule has 1 heterocycles. The lowest BCUT2D eigenvalue weighted by molar-refractivity contribution is 0.113. The highest BCUT2D eigenvalue weighted by Crippen LogP contribution is 2.23. The van der Waals surface area contributed by atoms with Gasteiger partial charge in [-0.15, -0.1) is 0 Å². The molecular weight excluding hydrogens is 236 g/mol. The van der Waals surface area contributed by atoms with Gasteiger partial charge in [-0.25, -0.2) is 0 Å². The molecule has 0 aliphatic carbocycles.